The van der Waals surface area contributed by atoms with Crippen molar-refractivity contribution in [2.45, 2.75) is 43.4 Å². The zero-order valence-electron chi connectivity index (χ0n) is 13.4. The van der Waals surface area contributed by atoms with Gasteiger partial charge in [0.05, 0.1) is 23.2 Å². The first-order chi connectivity index (χ1) is 11.7. The smallest absolute Gasteiger partial charge is 0.235 e. The molecular weight excluding hydrogens is 342 g/mol. The van der Waals surface area contributed by atoms with Crippen molar-refractivity contribution >= 4 is 35.1 Å². The Hall–Kier alpha value is -1.46. The van der Waals surface area contributed by atoms with Crippen molar-refractivity contribution in [3.63, 3.8) is 0 Å². The number of halogens is 1. The van der Waals surface area contributed by atoms with Crippen molar-refractivity contribution in [1.82, 2.24) is 9.78 Å². The van der Waals surface area contributed by atoms with Gasteiger partial charge in [-0.2, -0.15) is 5.10 Å². The molecule has 126 valence electrons. The predicted octanol–water partition coefficient (Wildman–Crippen LogP) is 4.82. The van der Waals surface area contributed by atoms with Crippen LogP contribution in [0.4, 0.5) is 5.82 Å². The average molecular weight is 362 g/mol. The van der Waals surface area contributed by atoms with Crippen LogP contribution >= 0.6 is 23.4 Å². The van der Waals surface area contributed by atoms with Crippen molar-refractivity contribution in [1.29, 1.82) is 0 Å². The van der Waals surface area contributed by atoms with Crippen LogP contribution < -0.4 is 5.32 Å². The molecule has 2 aromatic rings. The minimum Gasteiger partial charge on any atom is -0.310 e. The van der Waals surface area contributed by atoms with Crippen LogP contribution in [0.3, 0.4) is 0 Å². The highest BCUT2D eigenvalue weighted by atomic mass is 35.5. The molecular formula is C18H20ClN3OS. The molecule has 6 heteroatoms. The molecule has 0 saturated heterocycles. The van der Waals surface area contributed by atoms with Crippen LogP contribution in [0.15, 0.2) is 30.5 Å². The molecule has 2 heterocycles. The van der Waals surface area contributed by atoms with Crippen LogP contribution in [0.1, 0.15) is 54.5 Å². The van der Waals surface area contributed by atoms with Gasteiger partial charge in [-0.25, -0.2) is 4.68 Å². The Morgan fingerprint density at radius 2 is 1.92 bits per heavy atom. The van der Waals surface area contributed by atoms with E-state index in [1.165, 1.54) is 19.3 Å². The Labute approximate surface area is 151 Å². The third-order valence-electron chi connectivity index (χ3n) is 4.84. The van der Waals surface area contributed by atoms with Gasteiger partial charge in [0, 0.05) is 10.6 Å². The van der Waals surface area contributed by atoms with E-state index in [-0.39, 0.29) is 11.2 Å². The highest BCUT2D eigenvalue weighted by Gasteiger charge is 2.30. The summed E-state index contributed by atoms with van der Waals surface area (Å²) in [5.74, 6) is 1.39. The van der Waals surface area contributed by atoms with Gasteiger partial charge in [0.2, 0.25) is 5.91 Å². The van der Waals surface area contributed by atoms with E-state index in [1.54, 1.807) is 11.8 Å². The number of carbonyl (C=O) groups excluding carboxylic acids is 1. The zero-order valence-corrected chi connectivity index (χ0v) is 14.9. The van der Waals surface area contributed by atoms with Gasteiger partial charge in [-0.05, 0) is 30.5 Å². The van der Waals surface area contributed by atoms with Crippen molar-refractivity contribution in [2.75, 3.05) is 11.1 Å². The van der Waals surface area contributed by atoms with Gasteiger partial charge in [0.1, 0.15) is 5.82 Å². The molecule has 1 aromatic heterocycles. The molecule has 24 heavy (non-hydrogen) atoms. The van der Waals surface area contributed by atoms with E-state index >= 15 is 0 Å². The number of rotatable bonds is 2. The highest BCUT2D eigenvalue weighted by Crippen LogP contribution is 2.43. The van der Waals surface area contributed by atoms with Crippen LogP contribution in [-0.4, -0.2) is 21.4 Å². The fourth-order valence-electron chi connectivity index (χ4n) is 3.63. The molecule has 1 amide bonds. The van der Waals surface area contributed by atoms with Gasteiger partial charge < -0.3 is 5.32 Å². The Kier molecular flexibility index (Phi) is 4.55. The molecule has 1 fully saturated rings. The van der Waals surface area contributed by atoms with Crippen LogP contribution in [0.25, 0.3) is 0 Å². The molecule has 1 N–H and O–H groups in total. The number of fused-ring (bicyclic) bond motifs is 1. The number of hydrogen-bond acceptors (Lipinski definition) is 3. The molecule has 0 radical (unpaired) electrons. The molecule has 4 nitrogen and oxygen atoms in total. The maximum atomic E-state index is 12.2. The van der Waals surface area contributed by atoms with Gasteiger partial charge >= 0.3 is 0 Å². The molecule has 0 spiro atoms. The molecule has 1 aliphatic carbocycles. The Bertz CT molecular complexity index is 737. The van der Waals surface area contributed by atoms with Crippen LogP contribution in [0.5, 0.6) is 0 Å². The lowest BCUT2D eigenvalue weighted by Crippen LogP contribution is -2.20. The summed E-state index contributed by atoms with van der Waals surface area (Å²) in [5.41, 5.74) is 2.25. The summed E-state index contributed by atoms with van der Waals surface area (Å²) in [4.78, 5) is 12.2. The second-order valence-corrected chi connectivity index (χ2v) is 8.01. The third-order valence-corrected chi connectivity index (χ3v) is 6.38. The first-order valence-electron chi connectivity index (χ1n) is 8.46. The first-order valence-corrected chi connectivity index (χ1v) is 9.89. The fraction of sp³-hybridized carbons (Fsp3) is 0.444. The van der Waals surface area contributed by atoms with Crippen LogP contribution in [-0.2, 0) is 4.79 Å². The summed E-state index contributed by atoms with van der Waals surface area (Å²) < 4.78 is 2.06. The van der Waals surface area contributed by atoms with Crippen LogP contribution in [0.2, 0.25) is 5.02 Å². The number of thioether (sulfide) groups is 1. The number of amides is 1. The largest absolute Gasteiger partial charge is 0.310 e. The summed E-state index contributed by atoms with van der Waals surface area (Å²) >= 11 is 7.67. The number of nitrogens with zero attached hydrogens (tertiary/aromatic N) is 2. The molecule has 0 bridgehead atoms. The fourth-order valence-corrected chi connectivity index (χ4v) is 4.85. The maximum absolute atomic E-state index is 12.2. The lowest BCUT2D eigenvalue weighted by molar-refractivity contribution is -0.113. The summed E-state index contributed by atoms with van der Waals surface area (Å²) in [6.07, 6.45) is 7.99. The van der Waals surface area contributed by atoms with E-state index in [1.807, 2.05) is 30.5 Å². The first kappa shape index (κ1) is 16.0. The lowest BCUT2D eigenvalue weighted by atomic mass is 9.95. The lowest BCUT2D eigenvalue weighted by Gasteiger charge is -2.24. The van der Waals surface area contributed by atoms with Gasteiger partial charge in [-0.15, -0.1) is 11.8 Å². The molecule has 1 saturated carbocycles. The van der Waals surface area contributed by atoms with Crippen molar-refractivity contribution in [2.24, 2.45) is 0 Å². The third kappa shape index (κ3) is 3.07. The summed E-state index contributed by atoms with van der Waals surface area (Å²) in [7, 11) is 0. The van der Waals surface area contributed by atoms with Gasteiger partial charge in [0.25, 0.3) is 0 Å². The van der Waals surface area contributed by atoms with Crippen molar-refractivity contribution in [3.8, 4) is 0 Å². The molecule has 1 aromatic carbocycles. The number of carbonyl (C=O) groups is 1. The van der Waals surface area contributed by atoms with Crippen LogP contribution in [0, 0.1) is 0 Å². The van der Waals surface area contributed by atoms with E-state index in [9.17, 15) is 4.79 Å². The summed E-state index contributed by atoms with van der Waals surface area (Å²) in [6, 6.07) is 8.29. The maximum Gasteiger partial charge on any atom is 0.235 e. The SMILES string of the molecule is O=C1CS[C@H](c2ccc(Cl)cc2)c2cnn(C3CCCCC3)c2N1. The predicted molar refractivity (Wildman–Crippen MR) is 98.7 cm³/mol. The van der Waals surface area contributed by atoms with E-state index in [0.29, 0.717) is 11.8 Å². The van der Waals surface area contributed by atoms with Crippen molar-refractivity contribution in [3.05, 3.63) is 46.6 Å². The Morgan fingerprint density at radius 1 is 1.17 bits per heavy atom. The zero-order chi connectivity index (χ0) is 16.5. The van der Waals surface area contributed by atoms with Gasteiger partial charge in [-0.3, -0.25) is 4.79 Å². The highest BCUT2D eigenvalue weighted by molar-refractivity contribution is 8.00. The Balaban J connectivity index is 1.73. The standard InChI is InChI=1S/C18H20ClN3OS/c19-13-8-6-12(7-9-13)17-15-10-20-22(14-4-2-1-3-5-14)18(15)21-16(23)11-24-17/h6-10,14,17H,1-5,11H2,(H,21,23)/t17-/m1/s1. The number of nitrogens with one attached hydrogen (secondary N) is 1. The second-order valence-electron chi connectivity index (χ2n) is 6.48. The molecule has 2 aliphatic rings. The number of benzene rings is 1. The minimum absolute atomic E-state index is 0.0512. The monoisotopic (exact) mass is 361 g/mol. The second kappa shape index (κ2) is 6.81. The average Bonchev–Trinajstić information content (AvgIpc) is 2.93. The number of anilines is 1. The van der Waals surface area contributed by atoms with Gasteiger partial charge in [0.15, 0.2) is 0 Å². The molecule has 1 atom stereocenters. The molecule has 0 unspecified atom stereocenters. The van der Waals surface area contributed by atoms with Crippen molar-refractivity contribution < 1.29 is 4.79 Å². The van der Waals surface area contributed by atoms with E-state index in [2.05, 4.69) is 15.1 Å². The normalized spacial score (nSPS) is 21.9. The van der Waals surface area contributed by atoms with E-state index in [4.69, 9.17) is 11.6 Å². The summed E-state index contributed by atoms with van der Waals surface area (Å²) in [5, 5.41) is 8.58. The van der Waals surface area contributed by atoms with E-state index < -0.39 is 0 Å². The minimum atomic E-state index is 0.0512. The Morgan fingerprint density at radius 3 is 2.67 bits per heavy atom. The number of aromatic nitrogens is 2. The topological polar surface area (TPSA) is 46.9 Å². The molecule has 1 aliphatic heterocycles. The van der Waals surface area contributed by atoms with E-state index in [0.717, 1.165) is 34.8 Å². The number of hydrogen-bond donors (Lipinski definition) is 1. The quantitative estimate of drug-likeness (QED) is 0.834. The van der Waals surface area contributed by atoms with Gasteiger partial charge in [-0.1, -0.05) is 43.0 Å². The molecule has 4 rings (SSSR count). The summed E-state index contributed by atoms with van der Waals surface area (Å²) in [6.45, 7) is 0.